The number of thiol groups is 1. The zero-order valence-corrected chi connectivity index (χ0v) is 20.0. The summed E-state index contributed by atoms with van der Waals surface area (Å²) in [5.41, 5.74) is 5.49. The van der Waals surface area contributed by atoms with Gasteiger partial charge in [-0.3, -0.25) is 9.69 Å². The Morgan fingerprint density at radius 1 is 1.09 bits per heavy atom. The average molecular weight is 502 g/mol. The second kappa shape index (κ2) is 12.4. The molecule has 1 atom stereocenters. The quantitative estimate of drug-likeness (QED) is 0.483. The highest BCUT2D eigenvalue weighted by atomic mass is 35.5. The molecule has 1 aliphatic rings. The zero-order valence-electron chi connectivity index (χ0n) is 17.5. The molecule has 1 heterocycles. The maximum atomic E-state index is 13.4. The Kier molecular flexibility index (Phi) is 10.3. The predicted molar refractivity (Wildman–Crippen MR) is 128 cm³/mol. The van der Waals surface area contributed by atoms with Gasteiger partial charge in [0.1, 0.15) is 17.5 Å². The zero-order chi connectivity index (χ0) is 22.3. The molecule has 1 amide bonds. The van der Waals surface area contributed by atoms with Crippen LogP contribution < -0.4 is 10.5 Å². The molecule has 8 nitrogen and oxygen atoms in total. The number of hydrogen-bond acceptors (Lipinski definition) is 7. The third kappa shape index (κ3) is 6.84. The van der Waals surface area contributed by atoms with E-state index < -0.39 is 22.0 Å². The molecule has 0 unspecified atom stereocenters. The number of sulfonamides is 1. The van der Waals surface area contributed by atoms with Crippen molar-refractivity contribution in [2.75, 3.05) is 45.1 Å². The van der Waals surface area contributed by atoms with Crippen LogP contribution in [0, 0.1) is 0 Å². The van der Waals surface area contributed by atoms with Crippen LogP contribution in [0.4, 0.5) is 0 Å². The Bertz CT molecular complexity index is 955. The van der Waals surface area contributed by atoms with Crippen molar-refractivity contribution in [3.8, 4) is 11.5 Å². The van der Waals surface area contributed by atoms with E-state index in [1.54, 1.807) is 12.1 Å². The van der Waals surface area contributed by atoms with Crippen molar-refractivity contribution >= 4 is 41.0 Å². The average Bonchev–Trinajstić information content (AvgIpc) is 2.78. The van der Waals surface area contributed by atoms with Crippen molar-refractivity contribution in [2.24, 2.45) is 5.73 Å². The van der Waals surface area contributed by atoms with Crippen LogP contribution in [-0.4, -0.2) is 74.7 Å². The van der Waals surface area contributed by atoms with E-state index in [2.05, 4.69) is 17.5 Å². The van der Waals surface area contributed by atoms with E-state index in [0.717, 1.165) is 4.31 Å². The van der Waals surface area contributed by atoms with Gasteiger partial charge in [-0.15, -0.1) is 12.4 Å². The van der Waals surface area contributed by atoms with Crippen LogP contribution in [0.2, 0.25) is 0 Å². The summed E-state index contributed by atoms with van der Waals surface area (Å²) in [6.07, 6.45) is 0. The van der Waals surface area contributed by atoms with E-state index >= 15 is 0 Å². The standard InChI is InChI=1S/C21H27N3O5S2.ClH/c22-21(25)20(16-30)24(11-10-23-12-14-28-15-13-23)31(26,27)19-8-6-18(7-9-19)29-17-4-2-1-3-5-17;/h1-9,20,30H,10-16H2,(H2,22,25);1H/t20-;/m0./s1. The first-order valence-corrected chi connectivity index (χ1v) is 12.0. The lowest BCUT2D eigenvalue weighted by Crippen LogP contribution is -2.52. The Labute approximate surface area is 200 Å². The van der Waals surface area contributed by atoms with Gasteiger partial charge in [-0.1, -0.05) is 18.2 Å². The van der Waals surface area contributed by atoms with Gasteiger partial charge >= 0.3 is 0 Å². The summed E-state index contributed by atoms with van der Waals surface area (Å²) in [6.45, 7) is 3.21. The number of primary amides is 1. The fourth-order valence-corrected chi connectivity index (χ4v) is 5.34. The maximum Gasteiger partial charge on any atom is 0.243 e. The Balaban J connectivity index is 0.00000363. The molecule has 32 heavy (non-hydrogen) atoms. The fourth-order valence-electron chi connectivity index (χ4n) is 3.27. The highest BCUT2D eigenvalue weighted by Gasteiger charge is 2.34. The minimum absolute atomic E-state index is 0. The van der Waals surface area contributed by atoms with Gasteiger partial charge in [0.2, 0.25) is 15.9 Å². The lowest BCUT2D eigenvalue weighted by molar-refractivity contribution is -0.121. The molecule has 2 aromatic rings. The van der Waals surface area contributed by atoms with Gasteiger partial charge < -0.3 is 15.2 Å². The number of morpholine rings is 1. The molecule has 2 N–H and O–H groups in total. The molecule has 1 saturated heterocycles. The van der Waals surface area contributed by atoms with Crippen LogP contribution in [0.1, 0.15) is 0 Å². The summed E-state index contributed by atoms with van der Waals surface area (Å²) in [4.78, 5) is 14.1. The lowest BCUT2D eigenvalue weighted by atomic mass is 10.3. The van der Waals surface area contributed by atoms with Gasteiger partial charge in [-0.05, 0) is 36.4 Å². The molecule has 0 radical (unpaired) electrons. The molecule has 0 spiro atoms. The van der Waals surface area contributed by atoms with E-state index in [-0.39, 0.29) is 29.6 Å². The highest BCUT2D eigenvalue weighted by molar-refractivity contribution is 7.89. The monoisotopic (exact) mass is 501 g/mol. The van der Waals surface area contributed by atoms with Crippen molar-refractivity contribution in [3.05, 3.63) is 54.6 Å². The minimum Gasteiger partial charge on any atom is -0.457 e. The van der Waals surface area contributed by atoms with Gasteiger partial charge in [-0.2, -0.15) is 16.9 Å². The second-order valence-corrected chi connectivity index (χ2v) is 9.31. The summed E-state index contributed by atoms with van der Waals surface area (Å²) in [5.74, 6) is 0.414. The number of halogens is 1. The fraction of sp³-hybridized carbons (Fsp3) is 0.381. The molecule has 1 fully saturated rings. The van der Waals surface area contributed by atoms with Gasteiger partial charge in [0.25, 0.3) is 0 Å². The van der Waals surface area contributed by atoms with Crippen LogP contribution >= 0.6 is 25.0 Å². The normalized spacial score (nSPS) is 15.7. The number of ether oxygens (including phenoxy) is 2. The minimum atomic E-state index is -3.98. The van der Waals surface area contributed by atoms with Crippen LogP contribution in [-0.2, 0) is 19.6 Å². The summed E-state index contributed by atoms with van der Waals surface area (Å²) in [7, 11) is -3.98. The van der Waals surface area contributed by atoms with Gasteiger partial charge in [0.05, 0.1) is 18.1 Å². The van der Waals surface area contributed by atoms with E-state index in [9.17, 15) is 13.2 Å². The Morgan fingerprint density at radius 2 is 1.69 bits per heavy atom. The Morgan fingerprint density at radius 3 is 2.25 bits per heavy atom. The van der Waals surface area contributed by atoms with Crippen molar-refractivity contribution < 1.29 is 22.7 Å². The first-order valence-electron chi connectivity index (χ1n) is 9.97. The topological polar surface area (TPSA) is 102 Å². The Hall–Kier alpha value is -1.82. The van der Waals surface area contributed by atoms with Crippen LogP contribution in [0.15, 0.2) is 59.5 Å². The maximum absolute atomic E-state index is 13.4. The van der Waals surface area contributed by atoms with Gasteiger partial charge in [-0.25, -0.2) is 8.42 Å². The molecule has 0 saturated carbocycles. The first-order chi connectivity index (χ1) is 14.9. The number of nitrogens with two attached hydrogens (primary N) is 1. The second-order valence-electron chi connectivity index (χ2n) is 7.06. The molecule has 176 valence electrons. The summed E-state index contributed by atoms with van der Waals surface area (Å²) in [6, 6.07) is 14.2. The first kappa shape index (κ1) is 26.4. The van der Waals surface area contributed by atoms with Crippen molar-refractivity contribution in [2.45, 2.75) is 10.9 Å². The van der Waals surface area contributed by atoms with Crippen molar-refractivity contribution in [1.82, 2.24) is 9.21 Å². The molecular formula is C21H28ClN3O5S2. The number of para-hydroxylation sites is 1. The van der Waals surface area contributed by atoms with Gasteiger partial charge in [0, 0.05) is 31.9 Å². The molecule has 0 aromatic heterocycles. The highest BCUT2D eigenvalue weighted by Crippen LogP contribution is 2.25. The number of benzene rings is 2. The lowest BCUT2D eigenvalue weighted by Gasteiger charge is -2.32. The molecule has 11 heteroatoms. The number of amides is 1. The summed E-state index contributed by atoms with van der Waals surface area (Å²) < 4.78 is 39.0. The van der Waals surface area contributed by atoms with E-state index in [0.29, 0.717) is 44.3 Å². The largest absolute Gasteiger partial charge is 0.457 e. The van der Waals surface area contributed by atoms with E-state index in [1.807, 2.05) is 30.3 Å². The van der Waals surface area contributed by atoms with Crippen molar-refractivity contribution in [3.63, 3.8) is 0 Å². The number of carbonyl (C=O) groups is 1. The molecule has 0 aliphatic carbocycles. The van der Waals surface area contributed by atoms with Gasteiger partial charge in [0.15, 0.2) is 0 Å². The number of nitrogens with zero attached hydrogens (tertiary/aromatic N) is 2. The molecule has 2 aromatic carbocycles. The van der Waals surface area contributed by atoms with Crippen LogP contribution in [0.5, 0.6) is 11.5 Å². The predicted octanol–water partition coefficient (Wildman–Crippen LogP) is 2.01. The molecule has 1 aliphatic heterocycles. The van der Waals surface area contributed by atoms with Crippen LogP contribution in [0.3, 0.4) is 0 Å². The number of carbonyl (C=O) groups excluding carboxylic acids is 1. The molecule has 0 bridgehead atoms. The molecular weight excluding hydrogens is 474 g/mol. The van der Waals surface area contributed by atoms with Crippen molar-refractivity contribution in [1.29, 1.82) is 0 Å². The number of hydrogen-bond donors (Lipinski definition) is 2. The summed E-state index contributed by atoms with van der Waals surface area (Å²) >= 11 is 4.17. The summed E-state index contributed by atoms with van der Waals surface area (Å²) in [5, 5.41) is 0. The van der Waals surface area contributed by atoms with Crippen LogP contribution in [0.25, 0.3) is 0 Å². The third-order valence-corrected chi connectivity index (χ3v) is 7.27. The smallest absolute Gasteiger partial charge is 0.243 e. The third-order valence-electron chi connectivity index (χ3n) is 5.00. The molecule has 3 rings (SSSR count). The number of rotatable bonds is 10. The SMILES string of the molecule is Cl.NC(=O)[C@H](CS)N(CCN1CCOCC1)S(=O)(=O)c1ccc(Oc2ccccc2)cc1. The van der Waals surface area contributed by atoms with E-state index in [4.69, 9.17) is 15.2 Å². The van der Waals surface area contributed by atoms with E-state index in [1.165, 1.54) is 12.1 Å².